The molecule has 1 aliphatic heterocycles. The molecular formula is C27H32N2O5. The molecule has 1 fully saturated rings. The van der Waals surface area contributed by atoms with Gasteiger partial charge in [0.15, 0.2) is 0 Å². The third kappa shape index (κ3) is 4.52. The number of nitrogens with one attached hydrogen (secondary N) is 1. The van der Waals surface area contributed by atoms with Crippen molar-refractivity contribution in [3.63, 3.8) is 0 Å². The highest BCUT2D eigenvalue weighted by atomic mass is 16.5. The molecule has 0 bridgehead atoms. The molecule has 2 N–H and O–H groups in total. The van der Waals surface area contributed by atoms with Crippen molar-refractivity contribution in [3.05, 3.63) is 59.7 Å². The van der Waals surface area contributed by atoms with Crippen LogP contribution in [0.5, 0.6) is 0 Å². The molecule has 2 aromatic carbocycles. The second-order valence-corrected chi connectivity index (χ2v) is 9.91. The van der Waals surface area contributed by atoms with E-state index in [1.165, 1.54) is 11.1 Å². The quantitative estimate of drug-likeness (QED) is 0.643. The first kappa shape index (κ1) is 23.8. The Morgan fingerprint density at radius 3 is 2.26 bits per heavy atom. The summed E-state index contributed by atoms with van der Waals surface area (Å²) >= 11 is 0. The topological polar surface area (TPSA) is 95.9 Å². The standard InChI is InChI=1S/C27H32N2O5/c1-17(12-24(30)29-14-18(2)27(3,16-29)25(31)32)13-28-26(33)34-15-23-21-10-6-4-8-19(21)20-9-5-7-11-22(20)23/h4-11,17-18,23H,12-16H2,1-3H3,(H,28,33)(H,31,32)/t17?,18-,27-/m0/s1. The van der Waals surface area contributed by atoms with Crippen LogP contribution in [0.2, 0.25) is 0 Å². The number of likely N-dealkylation sites (tertiary alicyclic amines) is 1. The van der Waals surface area contributed by atoms with Crippen molar-refractivity contribution in [2.75, 3.05) is 26.2 Å². The molecule has 1 saturated heterocycles. The molecule has 0 spiro atoms. The van der Waals surface area contributed by atoms with E-state index in [1.807, 2.05) is 38.1 Å². The average molecular weight is 465 g/mol. The third-order valence-corrected chi connectivity index (χ3v) is 7.40. The fraction of sp³-hybridized carbons (Fsp3) is 0.444. The van der Waals surface area contributed by atoms with Gasteiger partial charge in [-0.25, -0.2) is 4.79 Å². The van der Waals surface area contributed by atoms with E-state index in [4.69, 9.17) is 4.74 Å². The highest BCUT2D eigenvalue weighted by Crippen LogP contribution is 2.44. The molecule has 0 aromatic heterocycles. The van der Waals surface area contributed by atoms with Gasteiger partial charge in [0.25, 0.3) is 0 Å². The highest BCUT2D eigenvalue weighted by molar-refractivity contribution is 5.81. The predicted molar refractivity (Wildman–Crippen MR) is 128 cm³/mol. The van der Waals surface area contributed by atoms with Gasteiger partial charge in [-0.15, -0.1) is 0 Å². The lowest BCUT2D eigenvalue weighted by Crippen LogP contribution is -2.37. The van der Waals surface area contributed by atoms with Gasteiger partial charge in [-0.1, -0.05) is 62.4 Å². The van der Waals surface area contributed by atoms with E-state index in [2.05, 4.69) is 29.6 Å². The summed E-state index contributed by atoms with van der Waals surface area (Å²) in [6, 6.07) is 16.3. The van der Waals surface area contributed by atoms with Crippen LogP contribution in [0.1, 0.15) is 44.2 Å². The molecule has 1 unspecified atom stereocenters. The van der Waals surface area contributed by atoms with E-state index in [0.717, 1.165) is 11.1 Å². The zero-order valence-electron chi connectivity index (χ0n) is 19.9. The van der Waals surface area contributed by atoms with Crippen LogP contribution in [-0.4, -0.2) is 54.2 Å². The van der Waals surface area contributed by atoms with E-state index in [-0.39, 0.29) is 43.2 Å². The SMILES string of the molecule is CC(CNC(=O)OCC1c2ccccc2-c2ccccc21)CC(=O)N1C[C@H](C)[C@@](C)(C(=O)O)C1. The van der Waals surface area contributed by atoms with Crippen molar-refractivity contribution in [3.8, 4) is 11.1 Å². The Morgan fingerprint density at radius 1 is 1.12 bits per heavy atom. The van der Waals surface area contributed by atoms with E-state index < -0.39 is 17.5 Å². The number of nitrogens with zero attached hydrogens (tertiary/aromatic N) is 1. The molecule has 4 rings (SSSR count). The van der Waals surface area contributed by atoms with E-state index in [1.54, 1.807) is 11.8 Å². The second-order valence-electron chi connectivity index (χ2n) is 9.91. The van der Waals surface area contributed by atoms with Crippen molar-refractivity contribution >= 4 is 18.0 Å². The first-order valence-corrected chi connectivity index (χ1v) is 11.8. The van der Waals surface area contributed by atoms with E-state index in [0.29, 0.717) is 13.1 Å². The highest BCUT2D eigenvalue weighted by Gasteiger charge is 2.47. The largest absolute Gasteiger partial charge is 0.481 e. The fourth-order valence-electron chi connectivity index (χ4n) is 5.02. The van der Waals surface area contributed by atoms with Crippen LogP contribution in [0.4, 0.5) is 4.79 Å². The normalized spacial score (nSPS) is 22.1. The number of hydrogen-bond donors (Lipinski definition) is 2. The minimum Gasteiger partial charge on any atom is -0.481 e. The van der Waals surface area contributed by atoms with E-state index >= 15 is 0 Å². The van der Waals surface area contributed by atoms with Crippen molar-refractivity contribution in [2.24, 2.45) is 17.3 Å². The van der Waals surface area contributed by atoms with Gasteiger partial charge < -0.3 is 20.1 Å². The van der Waals surface area contributed by atoms with Gasteiger partial charge >= 0.3 is 12.1 Å². The summed E-state index contributed by atoms with van der Waals surface area (Å²) in [6.07, 6.45) is -0.263. The molecule has 2 aromatic rings. The Labute approximate surface area is 200 Å². The van der Waals surface area contributed by atoms with Crippen LogP contribution in [0.3, 0.4) is 0 Å². The maximum atomic E-state index is 12.7. The number of carbonyl (C=O) groups is 3. The minimum atomic E-state index is -0.918. The molecule has 2 aliphatic rings. The number of fused-ring (bicyclic) bond motifs is 3. The number of hydrogen-bond acceptors (Lipinski definition) is 4. The predicted octanol–water partition coefficient (Wildman–Crippen LogP) is 4.12. The van der Waals surface area contributed by atoms with Crippen molar-refractivity contribution in [2.45, 2.75) is 33.1 Å². The molecular weight excluding hydrogens is 432 g/mol. The van der Waals surface area contributed by atoms with Crippen LogP contribution in [0, 0.1) is 17.3 Å². The monoisotopic (exact) mass is 464 g/mol. The number of benzene rings is 2. The number of amides is 2. The van der Waals surface area contributed by atoms with Gasteiger partial charge in [-0.3, -0.25) is 9.59 Å². The Bertz CT molecular complexity index is 1050. The molecule has 7 nitrogen and oxygen atoms in total. The van der Waals surface area contributed by atoms with Crippen LogP contribution in [-0.2, 0) is 14.3 Å². The summed E-state index contributed by atoms with van der Waals surface area (Å²) < 4.78 is 5.55. The molecule has 0 saturated carbocycles. The maximum Gasteiger partial charge on any atom is 0.407 e. The van der Waals surface area contributed by atoms with Gasteiger partial charge in [0.05, 0.1) is 5.41 Å². The van der Waals surface area contributed by atoms with Crippen molar-refractivity contribution in [1.82, 2.24) is 10.2 Å². The van der Waals surface area contributed by atoms with Crippen molar-refractivity contribution < 1.29 is 24.2 Å². The Hall–Kier alpha value is -3.35. The summed E-state index contributed by atoms with van der Waals surface area (Å²) in [5.41, 5.74) is 3.74. The molecule has 7 heteroatoms. The lowest BCUT2D eigenvalue weighted by Gasteiger charge is -2.23. The van der Waals surface area contributed by atoms with Crippen LogP contribution in [0.25, 0.3) is 11.1 Å². The van der Waals surface area contributed by atoms with Gasteiger partial charge in [-0.2, -0.15) is 0 Å². The molecule has 0 radical (unpaired) electrons. The van der Waals surface area contributed by atoms with Crippen LogP contribution in [0.15, 0.2) is 48.5 Å². The number of alkyl carbamates (subject to hydrolysis) is 1. The number of carbonyl (C=O) groups excluding carboxylic acids is 2. The zero-order chi connectivity index (χ0) is 24.5. The van der Waals surface area contributed by atoms with Gasteiger partial charge in [0.2, 0.25) is 5.91 Å². The summed E-state index contributed by atoms with van der Waals surface area (Å²) in [5.74, 6) is -1.17. The number of carboxylic acids is 1. The lowest BCUT2D eigenvalue weighted by molar-refractivity contribution is -0.149. The average Bonchev–Trinajstić information content (AvgIpc) is 3.31. The molecule has 34 heavy (non-hydrogen) atoms. The maximum absolute atomic E-state index is 12.7. The molecule has 1 aliphatic carbocycles. The summed E-state index contributed by atoms with van der Waals surface area (Å²) in [7, 11) is 0. The molecule has 3 atom stereocenters. The lowest BCUT2D eigenvalue weighted by atomic mass is 9.81. The number of aliphatic carboxylic acids is 1. The number of rotatable bonds is 7. The van der Waals surface area contributed by atoms with Crippen molar-refractivity contribution in [1.29, 1.82) is 0 Å². The molecule has 180 valence electrons. The first-order chi connectivity index (χ1) is 16.2. The number of ether oxygens (including phenoxy) is 1. The third-order valence-electron chi connectivity index (χ3n) is 7.40. The smallest absolute Gasteiger partial charge is 0.407 e. The fourth-order valence-corrected chi connectivity index (χ4v) is 5.02. The summed E-state index contributed by atoms with van der Waals surface area (Å²) in [4.78, 5) is 38.3. The molecule has 2 amide bonds. The van der Waals surface area contributed by atoms with E-state index in [9.17, 15) is 19.5 Å². The van der Waals surface area contributed by atoms with Crippen LogP contribution < -0.4 is 5.32 Å². The Balaban J connectivity index is 1.26. The Kier molecular flexibility index (Phi) is 6.64. The second kappa shape index (κ2) is 9.49. The van der Waals surface area contributed by atoms with Crippen LogP contribution >= 0.6 is 0 Å². The van der Waals surface area contributed by atoms with Gasteiger partial charge in [0.1, 0.15) is 6.61 Å². The summed E-state index contributed by atoms with van der Waals surface area (Å²) in [6.45, 7) is 6.65. The minimum absolute atomic E-state index is 0.00199. The van der Waals surface area contributed by atoms with Gasteiger partial charge in [-0.05, 0) is 41.0 Å². The Morgan fingerprint density at radius 2 is 1.71 bits per heavy atom. The summed E-state index contributed by atoms with van der Waals surface area (Å²) in [5, 5.41) is 12.3. The van der Waals surface area contributed by atoms with Gasteiger partial charge in [0, 0.05) is 32.0 Å². The first-order valence-electron chi connectivity index (χ1n) is 11.8. The number of carboxylic acid groups (broad SMARTS) is 1. The molecule has 1 heterocycles. The zero-order valence-corrected chi connectivity index (χ0v) is 19.9.